The van der Waals surface area contributed by atoms with E-state index in [2.05, 4.69) is 15.8 Å². The van der Waals surface area contributed by atoms with Gasteiger partial charge in [-0.2, -0.15) is 0 Å². The zero-order valence-corrected chi connectivity index (χ0v) is 23.9. The minimum atomic E-state index is -0.951. The van der Waals surface area contributed by atoms with Crippen LogP contribution in [0.5, 0.6) is 11.5 Å². The number of methoxy groups -OCH3 is 2. The average Bonchev–Trinajstić information content (AvgIpc) is 3.35. The second-order valence-corrected chi connectivity index (χ2v) is 10.1. The Morgan fingerprint density at radius 1 is 0.975 bits per heavy atom. The minimum Gasteiger partial charge on any atom is -0.497 e. The summed E-state index contributed by atoms with van der Waals surface area (Å²) >= 11 is 0. The van der Waals surface area contributed by atoms with Crippen LogP contribution in [-0.4, -0.2) is 47.5 Å². The fourth-order valence-electron chi connectivity index (χ4n) is 4.00. The van der Waals surface area contributed by atoms with Gasteiger partial charge in [0, 0.05) is 31.0 Å². The van der Waals surface area contributed by atoms with E-state index in [0.29, 0.717) is 29.2 Å². The first kappa shape index (κ1) is 30.2. The molecular weight excluding hydrogens is 512 g/mol. The third-order valence-electron chi connectivity index (χ3n) is 6.63. The maximum absolute atomic E-state index is 13.8. The average molecular weight is 551 g/mol. The molecule has 3 aromatic rings. The molecule has 1 atom stereocenters. The van der Waals surface area contributed by atoms with Gasteiger partial charge in [-0.1, -0.05) is 36.3 Å². The zero-order chi connectivity index (χ0) is 29.3. The maximum Gasteiger partial charge on any atom is 0.247 e. The topological polar surface area (TPSA) is 123 Å². The molecule has 0 radical (unpaired) electrons. The molecule has 1 aromatic heterocycles. The van der Waals surface area contributed by atoms with Gasteiger partial charge in [-0.15, -0.1) is 0 Å². The number of carbonyl (C=O) groups excluding carboxylic acids is 3. The number of rotatable bonds is 13. The molecule has 0 spiro atoms. The van der Waals surface area contributed by atoms with Gasteiger partial charge in [0.1, 0.15) is 23.3 Å². The van der Waals surface area contributed by atoms with Crippen LogP contribution in [0.1, 0.15) is 63.0 Å². The molecule has 1 heterocycles. The van der Waals surface area contributed by atoms with E-state index in [9.17, 15) is 14.4 Å². The quantitative estimate of drug-likeness (QED) is 0.314. The number of anilines is 1. The van der Waals surface area contributed by atoms with E-state index in [1.54, 1.807) is 63.6 Å². The predicted octanol–water partition coefficient (Wildman–Crippen LogP) is 4.79. The summed E-state index contributed by atoms with van der Waals surface area (Å²) in [5.74, 6) is 1.08. The van der Waals surface area contributed by atoms with Crippen molar-refractivity contribution < 1.29 is 28.4 Å². The van der Waals surface area contributed by atoms with Crippen molar-refractivity contribution in [2.75, 3.05) is 19.5 Å². The first-order valence-corrected chi connectivity index (χ1v) is 13.2. The first-order valence-electron chi connectivity index (χ1n) is 13.2. The number of aromatic nitrogens is 1. The third-order valence-corrected chi connectivity index (χ3v) is 6.63. The zero-order valence-electron chi connectivity index (χ0n) is 23.9. The lowest BCUT2D eigenvalue weighted by Crippen LogP contribution is -2.50. The fraction of sp³-hybridized carbons (Fsp3) is 0.400. The van der Waals surface area contributed by atoms with Crippen LogP contribution in [0.3, 0.4) is 0 Å². The molecule has 214 valence electrons. The lowest BCUT2D eigenvalue weighted by Gasteiger charge is -2.35. The Morgan fingerprint density at radius 3 is 2.10 bits per heavy atom. The first-order chi connectivity index (χ1) is 19.0. The minimum absolute atomic E-state index is 0.0960. The molecule has 0 saturated heterocycles. The second kappa shape index (κ2) is 13.6. The van der Waals surface area contributed by atoms with Crippen LogP contribution in [0.25, 0.3) is 0 Å². The number of carbonyl (C=O) groups is 3. The maximum atomic E-state index is 13.8. The van der Waals surface area contributed by atoms with Crippen LogP contribution in [0, 0.1) is 6.92 Å². The fourth-order valence-corrected chi connectivity index (χ4v) is 4.00. The number of ether oxygens (including phenoxy) is 2. The van der Waals surface area contributed by atoms with Gasteiger partial charge in [-0.05, 0) is 62.6 Å². The number of aryl methyl sites for hydroxylation is 1. The molecule has 2 aromatic carbocycles. The van der Waals surface area contributed by atoms with Crippen molar-refractivity contribution in [2.45, 2.75) is 65.1 Å². The number of amides is 3. The number of benzene rings is 2. The second-order valence-electron chi connectivity index (χ2n) is 10.1. The van der Waals surface area contributed by atoms with Crippen LogP contribution in [0.4, 0.5) is 5.82 Å². The molecule has 10 heteroatoms. The normalized spacial score (nSPS) is 11.8. The van der Waals surface area contributed by atoms with Crippen molar-refractivity contribution in [3.05, 3.63) is 71.5 Å². The molecule has 3 amide bonds. The molecule has 0 saturated carbocycles. The van der Waals surface area contributed by atoms with Gasteiger partial charge in [0.15, 0.2) is 5.82 Å². The lowest BCUT2D eigenvalue weighted by molar-refractivity contribution is -0.142. The third kappa shape index (κ3) is 8.33. The summed E-state index contributed by atoms with van der Waals surface area (Å²) in [5, 5.41) is 9.48. The summed E-state index contributed by atoms with van der Waals surface area (Å²) in [6, 6.07) is 15.0. The van der Waals surface area contributed by atoms with Gasteiger partial charge in [0.05, 0.1) is 14.2 Å². The number of hydrogen-bond donors (Lipinski definition) is 2. The highest BCUT2D eigenvalue weighted by Crippen LogP contribution is 2.28. The van der Waals surface area contributed by atoms with Gasteiger partial charge < -0.3 is 29.5 Å². The smallest absolute Gasteiger partial charge is 0.247 e. The standard InChI is InChI=1S/C30H38N4O6/c1-7-30(3,4)32-29(37)28(22-10-14-24(39-6)15-11-22)34(19-21-8-12-23(38-5)13-9-21)27(36)17-16-26(35)31-25-18-20(2)40-33-25/h8-15,18,28H,7,16-17,19H2,1-6H3,(H,32,37)(H,31,33,35)/t28-/m0/s1. The van der Waals surface area contributed by atoms with E-state index in [0.717, 1.165) is 5.56 Å². The number of hydrogen-bond acceptors (Lipinski definition) is 7. The summed E-state index contributed by atoms with van der Waals surface area (Å²) in [6.07, 6.45) is 0.485. The Kier molecular flexibility index (Phi) is 10.3. The molecule has 10 nitrogen and oxygen atoms in total. The van der Waals surface area contributed by atoms with E-state index in [-0.39, 0.29) is 42.9 Å². The van der Waals surface area contributed by atoms with Crippen LogP contribution in [0.15, 0.2) is 59.1 Å². The molecule has 40 heavy (non-hydrogen) atoms. The van der Waals surface area contributed by atoms with Gasteiger partial charge >= 0.3 is 0 Å². The Labute approximate surface area is 235 Å². The molecule has 3 rings (SSSR count). The van der Waals surface area contributed by atoms with E-state index in [1.807, 2.05) is 32.9 Å². The van der Waals surface area contributed by atoms with Crippen molar-refractivity contribution in [3.8, 4) is 11.5 Å². The van der Waals surface area contributed by atoms with Crippen molar-refractivity contribution in [1.82, 2.24) is 15.4 Å². The molecule has 2 N–H and O–H groups in total. The molecule has 0 aliphatic heterocycles. The molecule has 0 aliphatic carbocycles. The van der Waals surface area contributed by atoms with E-state index in [1.165, 1.54) is 4.90 Å². The summed E-state index contributed by atoms with van der Waals surface area (Å²) in [6.45, 7) is 7.71. The highest BCUT2D eigenvalue weighted by molar-refractivity contribution is 5.94. The Hall–Kier alpha value is -4.34. The van der Waals surface area contributed by atoms with E-state index in [4.69, 9.17) is 14.0 Å². The van der Waals surface area contributed by atoms with Crippen molar-refractivity contribution in [3.63, 3.8) is 0 Å². The summed E-state index contributed by atoms with van der Waals surface area (Å²) in [7, 11) is 3.14. The summed E-state index contributed by atoms with van der Waals surface area (Å²) in [5.41, 5.74) is 0.930. The van der Waals surface area contributed by atoms with Crippen LogP contribution >= 0.6 is 0 Å². The van der Waals surface area contributed by atoms with Crippen LogP contribution in [-0.2, 0) is 20.9 Å². The molecule has 0 fully saturated rings. The molecular formula is C30H38N4O6. The highest BCUT2D eigenvalue weighted by atomic mass is 16.5. The Morgan fingerprint density at radius 2 is 1.57 bits per heavy atom. The SMILES string of the molecule is CCC(C)(C)NC(=O)[C@H](c1ccc(OC)cc1)N(Cc1ccc(OC)cc1)C(=O)CCC(=O)Nc1cc(C)on1. The van der Waals surface area contributed by atoms with Crippen LogP contribution < -0.4 is 20.1 Å². The van der Waals surface area contributed by atoms with Crippen LogP contribution in [0.2, 0.25) is 0 Å². The van der Waals surface area contributed by atoms with Gasteiger partial charge in [0.25, 0.3) is 0 Å². The lowest BCUT2D eigenvalue weighted by atomic mass is 9.98. The molecule has 0 bridgehead atoms. The molecule has 0 aliphatic rings. The van der Waals surface area contributed by atoms with Crippen molar-refractivity contribution in [2.24, 2.45) is 0 Å². The summed E-state index contributed by atoms with van der Waals surface area (Å²) in [4.78, 5) is 41.7. The van der Waals surface area contributed by atoms with E-state index < -0.39 is 11.6 Å². The Bertz CT molecular complexity index is 1280. The largest absolute Gasteiger partial charge is 0.497 e. The monoisotopic (exact) mass is 550 g/mol. The number of nitrogens with zero attached hydrogens (tertiary/aromatic N) is 2. The van der Waals surface area contributed by atoms with E-state index >= 15 is 0 Å². The summed E-state index contributed by atoms with van der Waals surface area (Å²) < 4.78 is 15.5. The number of nitrogens with one attached hydrogen (secondary N) is 2. The highest BCUT2D eigenvalue weighted by Gasteiger charge is 2.34. The van der Waals surface area contributed by atoms with Gasteiger partial charge in [-0.25, -0.2) is 0 Å². The van der Waals surface area contributed by atoms with Gasteiger partial charge in [0.2, 0.25) is 17.7 Å². The van der Waals surface area contributed by atoms with Gasteiger partial charge in [-0.3, -0.25) is 14.4 Å². The predicted molar refractivity (Wildman–Crippen MR) is 151 cm³/mol. The van der Waals surface area contributed by atoms with Crippen molar-refractivity contribution in [1.29, 1.82) is 0 Å². The van der Waals surface area contributed by atoms with Crippen molar-refractivity contribution >= 4 is 23.5 Å². The molecule has 0 unspecified atom stereocenters. The Balaban J connectivity index is 1.94.